The highest BCUT2D eigenvalue weighted by Gasteiger charge is 2.48. The van der Waals surface area contributed by atoms with Crippen LogP contribution in [0.2, 0.25) is 0 Å². The monoisotopic (exact) mass is 865 g/mol. The van der Waals surface area contributed by atoms with E-state index in [4.69, 9.17) is 9.68 Å². The number of carbonyl (C=O) groups is 4. The van der Waals surface area contributed by atoms with Crippen LogP contribution in [0.5, 0.6) is 0 Å². The van der Waals surface area contributed by atoms with Crippen molar-refractivity contribution >= 4 is 71.2 Å². The van der Waals surface area contributed by atoms with Crippen molar-refractivity contribution in [3.05, 3.63) is 107 Å². The van der Waals surface area contributed by atoms with Crippen LogP contribution in [0.15, 0.2) is 111 Å². The molecule has 1 aliphatic carbocycles. The van der Waals surface area contributed by atoms with E-state index in [1.54, 1.807) is 18.4 Å². The largest absolute Gasteiger partial charge is 0.363 e. The standard InChI is InChI=1S/C42H51N5O9S3/c1-41(2)31(11-9-23-57-52)25-29(39(50)45(4)55-5)27-43-44-35(41)12-7-6-8-13-36-42(3,33-26-32(59-54)18-19-34(33)46(36)22-10-24-58-53)30-16-14-28(15-17-30)40(51)56-47-37(48)20-21-38(47)49/h6-8,12-16,18-19,25-27,30,43,52-54H,9-11,17,20-24H2,1-5H3/b8-6+,12-7+,29-27-,31-25+,36-13+,44-35-. The Balaban J connectivity index is 1.46. The van der Waals surface area contributed by atoms with Crippen LogP contribution in [0.4, 0.5) is 5.69 Å². The average molecular weight is 866 g/mol. The molecule has 2 unspecified atom stereocenters. The molecule has 4 aliphatic rings. The minimum atomic E-state index is -0.782. The maximum Gasteiger partial charge on any atom is 0.363 e. The van der Waals surface area contributed by atoms with Gasteiger partial charge in [-0.3, -0.25) is 24.6 Å². The minimum absolute atomic E-state index is 0.00486. The van der Waals surface area contributed by atoms with Gasteiger partial charge in [0.1, 0.15) is 0 Å². The topological polar surface area (TPSA) is 182 Å². The molecule has 0 aromatic heterocycles. The van der Waals surface area contributed by atoms with Crippen LogP contribution < -0.4 is 10.3 Å². The van der Waals surface area contributed by atoms with Crippen molar-refractivity contribution in [2.45, 2.75) is 69.6 Å². The molecule has 4 N–H and O–H groups in total. The molecule has 0 bridgehead atoms. The lowest BCUT2D eigenvalue weighted by atomic mass is 9.68. The molecule has 59 heavy (non-hydrogen) atoms. The minimum Gasteiger partial charge on any atom is -0.344 e. The lowest BCUT2D eigenvalue weighted by Crippen LogP contribution is -2.36. The Morgan fingerprint density at radius 1 is 1.03 bits per heavy atom. The zero-order chi connectivity index (χ0) is 42.7. The van der Waals surface area contributed by atoms with E-state index in [2.05, 4.69) is 28.4 Å². The predicted molar refractivity (Wildman–Crippen MR) is 233 cm³/mol. The summed E-state index contributed by atoms with van der Waals surface area (Å²) in [5.74, 6) is -1.28. The molecule has 17 heteroatoms. The Kier molecular flexibility index (Phi) is 16.1. The van der Waals surface area contributed by atoms with Crippen LogP contribution in [0, 0.1) is 11.3 Å². The highest BCUT2D eigenvalue weighted by molar-refractivity contribution is 7.94. The van der Waals surface area contributed by atoms with Gasteiger partial charge in [0.25, 0.3) is 17.7 Å². The van der Waals surface area contributed by atoms with E-state index in [1.165, 1.54) is 14.2 Å². The zero-order valence-electron chi connectivity index (χ0n) is 33.8. The van der Waals surface area contributed by atoms with Gasteiger partial charge in [-0.25, -0.2) is 9.86 Å². The molecule has 0 radical (unpaired) electrons. The summed E-state index contributed by atoms with van der Waals surface area (Å²) in [5, 5.41) is 6.35. The molecule has 3 amide bonds. The lowest BCUT2D eigenvalue weighted by Gasteiger charge is -2.37. The Labute approximate surface area is 358 Å². The first-order valence-corrected chi connectivity index (χ1v) is 21.8. The van der Waals surface area contributed by atoms with Gasteiger partial charge in [0, 0.05) is 83.3 Å². The summed E-state index contributed by atoms with van der Waals surface area (Å²) >= 11 is 2.24. The van der Waals surface area contributed by atoms with Gasteiger partial charge in [-0.2, -0.15) is 5.10 Å². The predicted octanol–water partition coefficient (Wildman–Crippen LogP) is 7.83. The van der Waals surface area contributed by atoms with E-state index in [1.807, 2.05) is 68.5 Å². The number of allylic oxidation sites excluding steroid dienone is 9. The van der Waals surface area contributed by atoms with Crippen molar-refractivity contribution in [3.63, 3.8) is 0 Å². The van der Waals surface area contributed by atoms with Crippen molar-refractivity contribution < 1.29 is 42.5 Å². The van der Waals surface area contributed by atoms with Gasteiger partial charge >= 0.3 is 5.97 Å². The number of imide groups is 1. The van der Waals surface area contributed by atoms with Crippen LogP contribution in [0.1, 0.15) is 64.9 Å². The van der Waals surface area contributed by atoms with Gasteiger partial charge in [0.15, 0.2) is 0 Å². The number of benzene rings is 1. The summed E-state index contributed by atoms with van der Waals surface area (Å²) in [5.41, 5.74) is 6.94. The zero-order valence-corrected chi connectivity index (χ0v) is 36.2. The smallest absolute Gasteiger partial charge is 0.344 e. The van der Waals surface area contributed by atoms with E-state index in [-0.39, 0.29) is 30.2 Å². The third-order valence-electron chi connectivity index (χ3n) is 11.0. The second kappa shape index (κ2) is 20.7. The van der Waals surface area contributed by atoms with E-state index < -0.39 is 28.6 Å². The SMILES string of the molecule is CON(C)C(=O)C1=C\N/N=C(/C=C/C=C/C=C2/N(CCCSO)c3ccc(SO)cc3C2(C)C2C=CC(C(=O)ON3C(=O)CCC3=O)=CC2)C(C)(C)\C(CCCSO)=C\1. The number of hydrazone groups is 1. The first kappa shape index (κ1) is 45.7. The van der Waals surface area contributed by atoms with E-state index in [0.717, 1.165) is 57.4 Å². The Hall–Kier alpha value is -4.36. The number of amides is 3. The first-order chi connectivity index (χ1) is 28.3. The fourth-order valence-corrected chi connectivity index (χ4v) is 8.37. The number of hydrogen-bond acceptors (Lipinski definition) is 15. The summed E-state index contributed by atoms with van der Waals surface area (Å²) < 4.78 is 29.0. The van der Waals surface area contributed by atoms with E-state index >= 15 is 0 Å². The number of hydroxylamine groups is 4. The summed E-state index contributed by atoms with van der Waals surface area (Å²) in [4.78, 5) is 63.4. The summed E-state index contributed by atoms with van der Waals surface area (Å²) in [6, 6.07) is 5.84. The third kappa shape index (κ3) is 10.3. The number of fused-ring (bicyclic) bond motifs is 1. The third-order valence-corrected chi connectivity index (χ3v) is 12.4. The number of hydrogen-bond donors (Lipinski definition) is 4. The Morgan fingerprint density at radius 2 is 1.76 bits per heavy atom. The molecule has 1 aromatic carbocycles. The molecule has 1 fully saturated rings. The van der Waals surface area contributed by atoms with Gasteiger partial charge in [0.05, 0.1) is 24.0 Å². The molecule has 14 nitrogen and oxygen atoms in total. The molecule has 2 atom stereocenters. The number of likely N-dealkylation sites (N-methyl/N-ethyl adjacent to an activating group) is 1. The lowest BCUT2D eigenvalue weighted by molar-refractivity contribution is -0.194. The van der Waals surface area contributed by atoms with Gasteiger partial charge in [-0.15, -0.1) is 5.06 Å². The molecule has 0 spiro atoms. The van der Waals surface area contributed by atoms with Crippen LogP contribution >= 0.6 is 36.1 Å². The van der Waals surface area contributed by atoms with E-state index in [9.17, 15) is 32.8 Å². The van der Waals surface area contributed by atoms with Gasteiger partial charge in [-0.05, 0) is 105 Å². The molecule has 3 aliphatic heterocycles. The highest BCUT2D eigenvalue weighted by atomic mass is 32.2. The van der Waals surface area contributed by atoms with Crippen LogP contribution in [0.3, 0.4) is 0 Å². The van der Waals surface area contributed by atoms with E-state index in [0.29, 0.717) is 71.3 Å². The summed E-state index contributed by atoms with van der Waals surface area (Å²) in [6.07, 6.45) is 21.0. The quantitative estimate of drug-likeness (QED) is 0.0391. The molecule has 0 saturated carbocycles. The summed E-state index contributed by atoms with van der Waals surface area (Å²) in [7, 11) is 2.96. The van der Waals surface area contributed by atoms with Gasteiger partial charge in [-0.1, -0.05) is 55.9 Å². The van der Waals surface area contributed by atoms with Crippen LogP contribution in [-0.4, -0.2) is 85.4 Å². The number of carbonyl (C=O) groups excluding carboxylic acids is 4. The normalized spacial score (nSPS) is 24.9. The molecule has 1 saturated heterocycles. The number of rotatable bonds is 17. The highest BCUT2D eigenvalue weighted by Crippen LogP contribution is 2.55. The Bertz CT molecular complexity index is 2020. The van der Waals surface area contributed by atoms with Crippen molar-refractivity contribution in [3.8, 4) is 0 Å². The first-order valence-electron chi connectivity index (χ1n) is 19.2. The molecule has 5 rings (SSSR count). The second-order valence-corrected chi connectivity index (χ2v) is 16.9. The van der Waals surface area contributed by atoms with Crippen LogP contribution in [0.25, 0.3) is 0 Å². The molecular formula is C42H51N5O9S3. The summed E-state index contributed by atoms with van der Waals surface area (Å²) in [6.45, 7) is 6.83. The fourth-order valence-electron chi connectivity index (χ4n) is 7.53. The van der Waals surface area contributed by atoms with Gasteiger partial charge in [0.2, 0.25) is 0 Å². The van der Waals surface area contributed by atoms with Crippen molar-refractivity contribution in [1.29, 1.82) is 0 Å². The number of nitrogens with zero attached hydrogens (tertiary/aromatic N) is 4. The molecular weight excluding hydrogens is 815 g/mol. The molecule has 3 heterocycles. The van der Waals surface area contributed by atoms with Gasteiger partial charge < -0.3 is 23.4 Å². The average Bonchev–Trinajstić information content (AvgIpc) is 3.68. The van der Waals surface area contributed by atoms with Crippen molar-refractivity contribution in [2.75, 3.05) is 37.1 Å². The van der Waals surface area contributed by atoms with Crippen molar-refractivity contribution in [1.82, 2.24) is 15.6 Å². The van der Waals surface area contributed by atoms with Crippen molar-refractivity contribution in [2.24, 2.45) is 16.4 Å². The van der Waals surface area contributed by atoms with Crippen LogP contribution in [-0.2, 0) is 34.3 Å². The molecule has 316 valence electrons. The fraction of sp³-hybridized carbons (Fsp3) is 0.405. The molecule has 1 aromatic rings. The second-order valence-electron chi connectivity index (χ2n) is 14.9. The maximum absolute atomic E-state index is 13.0. The Morgan fingerprint density at radius 3 is 2.42 bits per heavy atom. The maximum atomic E-state index is 13.0. The number of anilines is 1. The number of nitrogens with one attached hydrogen (secondary N) is 1.